The van der Waals surface area contributed by atoms with Gasteiger partial charge in [-0.2, -0.15) is 0 Å². The van der Waals surface area contributed by atoms with Gasteiger partial charge in [0.15, 0.2) is 5.11 Å². The summed E-state index contributed by atoms with van der Waals surface area (Å²) in [5.74, 6) is 2.76. The van der Waals surface area contributed by atoms with Crippen LogP contribution < -0.4 is 10.9 Å². The van der Waals surface area contributed by atoms with Gasteiger partial charge < -0.3 is 5.32 Å². The van der Waals surface area contributed by atoms with Crippen molar-refractivity contribution in [2.45, 2.75) is 57.4 Å². The minimum absolute atomic E-state index is 0.111. The smallest absolute Gasteiger partial charge is 0.280 e. The van der Waals surface area contributed by atoms with E-state index in [-0.39, 0.29) is 5.56 Å². The van der Waals surface area contributed by atoms with Crippen LogP contribution in [0.15, 0.2) is 64.4 Å². The van der Waals surface area contributed by atoms with Gasteiger partial charge in [-0.1, -0.05) is 42.5 Å². The number of hydrogen-bond donors (Lipinski definition) is 2. The van der Waals surface area contributed by atoms with E-state index in [9.17, 15) is 4.79 Å². The Bertz CT molecular complexity index is 1280. The van der Waals surface area contributed by atoms with E-state index in [1.807, 2.05) is 37.3 Å². The first-order chi connectivity index (χ1) is 17.0. The summed E-state index contributed by atoms with van der Waals surface area (Å²) in [5, 5.41) is 6.70. The van der Waals surface area contributed by atoms with Crippen LogP contribution in [0.4, 0.5) is 0 Å². The van der Waals surface area contributed by atoms with E-state index >= 15 is 0 Å². The van der Waals surface area contributed by atoms with Crippen LogP contribution in [0, 0.1) is 24.7 Å². The first kappa shape index (κ1) is 22.5. The minimum atomic E-state index is -0.111. The second kappa shape index (κ2) is 8.90. The fraction of sp³-hybridized carbons (Fsp3) is 0.414. The molecule has 4 aliphatic carbocycles. The molecule has 2 N–H and O–H groups in total. The van der Waals surface area contributed by atoms with E-state index in [0.29, 0.717) is 22.6 Å². The molecule has 35 heavy (non-hydrogen) atoms. The third kappa shape index (κ3) is 4.29. The van der Waals surface area contributed by atoms with Crippen molar-refractivity contribution >= 4 is 23.5 Å². The van der Waals surface area contributed by atoms with Crippen LogP contribution in [0.3, 0.4) is 0 Å². The highest BCUT2D eigenvalue weighted by atomic mass is 32.1. The van der Waals surface area contributed by atoms with E-state index in [2.05, 4.69) is 39.7 Å². The van der Waals surface area contributed by atoms with Gasteiger partial charge in [0, 0.05) is 18.5 Å². The molecule has 0 unspecified atom stereocenters. The van der Waals surface area contributed by atoms with Crippen molar-refractivity contribution in [3.05, 3.63) is 87.3 Å². The maximum atomic E-state index is 13.2. The number of benzene rings is 2. The highest BCUT2D eigenvalue weighted by molar-refractivity contribution is 7.80. The topological polar surface area (TPSA) is 62.2 Å². The van der Waals surface area contributed by atoms with Gasteiger partial charge in [0.1, 0.15) is 0 Å². The Morgan fingerprint density at radius 2 is 1.69 bits per heavy atom. The maximum absolute atomic E-state index is 13.2. The van der Waals surface area contributed by atoms with Crippen molar-refractivity contribution in [2.24, 2.45) is 22.7 Å². The van der Waals surface area contributed by atoms with Gasteiger partial charge >= 0.3 is 0 Å². The lowest BCUT2D eigenvalue weighted by atomic mass is 9.48. The monoisotopic (exact) mass is 484 g/mol. The zero-order valence-corrected chi connectivity index (χ0v) is 21.0. The normalized spacial score (nSPS) is 26.9. The maximum Gasteiger partial charge on any atom is 0.280 e. The molecule has 2 aromatic carbocycles. The zero-order valence-electron chi connectivity index (χ0n) is 20.2. The molecule has 3 aromatic rings. The van der Waals surface area contributed by atoms with Gasteiger partial charge in [-0.15, -0.1) is 0 Å². The molecule has 4 bridgehead atoms. The Morgan fingerprint density at radius 1 is 1.06 bits per heavy atom. The fourth-order valence-corrected chi connectivity index (χ4v) is 7.39. The summed E-state index contributed by atoms with van der Waals surface area (Å²) in [7, 11) is 0. The summed E-state index contributed by atoms with van der Waals surface area (Å²) < 4.78 is 1.61. The average molecular weight is 485 g/mol. The zero-order chi connectivity index (χ0) is 24.0. The van der Waals surface area contributed by atoms with Gasteiger partial charge in [0.25, 0.3) is 5.56 Å². The molecule has 4 aliphatic rings. The number of aryl methyl sites for hydroxylation is 1. The fourth-order valence-electron chi connectivity index (χ4n) is 7.26. The number of aromatic nitrogens is 2. The molecular formula is C29H32N4OS. The van der Waals surface area contributed by atoms with Crippen molar-refractivity contribution < 1.29 is 0 Å². The predicted molar refractivity (Wildman–Crippen MR) is 144 cm³/mol. The van der Waals surface area contributed by atoms with Crippen molar-refractivity contribution in [1.29, 1.82) is 0 Å². The number of aliphatic imine (C=N–C) groups is 1. The predicted octanol–water partition coefficient (Wildman–Crippen LogP) is 5.44. The van der Waals surface area contributed by atoms with E-state index in [1.165, 1.54) is 44.1 Å². The van der Waals surface area contributed by atoms with Gasteiger partial charge in [-0.05, 0) is 104 Å². The number of H-pyrrole nitrogens is 1. The highest BCUT2D eigenvalue weighted by Crippen LogP contribution is 2.60. The van der Waals surface area contributed by atoms with Crippen LogP contribution in [0.5, 0.6) is 0 Å². The van der Waals surface area contributed by atoms with Crippen LogP contribution in [-0.2, 0) is 12.0 Å². The van der Waals surface area contributed by atoms with Crippen LogP contribution in [0.2, 0.25) is 0 Å². The summed E-state index contributed by atoms with van der Waals surface area (Å²) in [6, 6.07) is 18.7. The average Bonchev–Trinajstić information content (AvgIpc) is 3.14. The molecule has 5 nitrogen and oxygen atoms in total. The molecule has 4 fully saturated rings. The SMILES string of the molecule is Cc1[nH]n(-c2ccc(C34CC5CC(CC(C5)C3)C4)cc2)c(=O)c1C=NC(=S)NCc1ccccc1. The number of thiocarbonyl (C=S) groups is 1. The minimum Gasteiger partial charge on any atom is -0.357 e. The molecule has 7 rings (SSSR count). The van der Waals surface area contributed by atoms with E-state index in [0.717, 1.165) is 34.7 Å². The number of nitrogens with one attached hydrogen (secondary N) is 2. The highest BCUT2D eigenvalue weighted by Gasteiger charge is 2.51. The van der Waals surface area contributed by atoms with Crippen LogP contribution >= 0.6 is 12.2 Å². The lowest BCUT2D eigenvalue weighted by Crippen LogP contribution is -2.48. The van der Waals surface area contributed by atoms with Crippen LogP contribution in [0.25, 0.3) is 5.69 Å². The lowest BCUT2D eigenvalue weighted by Gasteiger charge is -2.57. The molecular weight excluding hydrogens is 452 g/mol. The Labute approximate surface area is 211 Å². The summed E-state index contributed by atoms with van der Waals surface area (Å²) in [4.78, 5) is 17.5. The van der Waals surface area contributed by atoms with Crippen molar-refractivity contribution in [2.75, 3.05) is 0 Å². The van der Waals surface area contributed by atoms with E-state index < -0.39 is 0 Å². The second-order valence-corrected chi connectivity index (χ2v) is 11.3. The molecule has 1 aromatic heterocycles. The standard InChI is InChI=1S/C29H32N4OS/c1-19-26(18-31-28(35)30-17-20-5-3-2-4-6-20)27(34)33(32-19)25-9-7-24(8-10-25)29-14-21-11-22(15-29)13-23(12-21)16-29/h2-10,18,21-23,32H,11-17H2,1H3,(H,30,35). The van der Waals surface area contributed by atoms with E-state index in [4.69, 9.17) is 12.2 Å². The third-order valence-corrected chi connectivity index (χ3v) is 8.74. The Balaban J connectivity index is 1.18. The van der Waals surface area contributed by atoms with Crippen molar-refractivity contribution in [3.63, 3.8) is 0 Å². The molecule has 0 spiro atoms. The number of nitrogens with zero attached hydrogens (tertiary/aromatic N) is 2. The lowest BCUT2D eigenvalue weighted by molar-refractivity contribution is -0.00518. The van der Waals surface area contributed by atoms with Gasteiger partial charge in [0.2, 0.25) is 0 Å². The molecule has 0 atom stereocenters. The molecule has 0 amide bonds. The van der Waals surface area contributed by atoms with Gasteiger partial charge in [-0.3, -0.25) is 9.89 Å². The number of rotatable bonds is 5. The molecule has 0 radical (unpaired) electrons. The third-order valence-electron chi connectivity index (χ3n) is 8.49. The Kier molecular flexibility index (Phi) is 5.72. The molecule has 0 aliphatic heterocycles. The Hall–Kier alpha value is -2.99. The molecule has 0 saturated heterocycles. The molecule has 6 heteroatoms. The van der Waals surface area contributed by atoms with Crippen LogP contribution in [-0.4, -0.2) is 21.1 Å². The number of aromatic amines is 1. The summed E-state index contributed by atoms with van der Waals surface area (Å²) in [6.07, 6.45) is 9.95. The van der Waals surface area contributed by atoms with Crippen molar-refractivity contribution in [1.82, 2.24) is 15.1 Å². The first-order valence-corrected chi connectivity index (χ1v) is 13.2. The second-order valence-electron chi connectivity index (χ2n) is 10.9. The molecule has 180 valence electrons. The largest absolute Gasteiger partial charge is 0.357 e. The van der Waals surface area contributed by atoms with E-state index in [1.54, 1.807) is 10.9 Å². The van der Waals surface area contributed by atoms with Gasteiger partial charge in [0.05, 0.1) is 11.3 Å². The quantitative estimate of drug-likeness (QED) is 0.375. The van der Waals surface area contributed by atoms with Crippen molar-refractivity contribution in [3.8, 4) is 5.69 Å². The summed E-state index contributed by atoms with van der Waals surface area (Å²) in [6.45, 7) is 2.49. The first-order valence-electron chi connectivity index (χ1n) is 12.8. The molecule has 1 heterocycles. The van der Waals surface area contributed by atoms with Crippen LogP contribution in [0.1, 0.15) is 60.9 Å². The Morgan fingerprint density at radius 3 is 2.31 bits per heavy atom. The molecule has 4 saturated carbocycles. The van der Waals surface area contributed by atoms with Gasteiger partial charge in [-0.25, -0.2) is 9.67 Å². The summed E-state index contributed by atoms with van der Waals surface area (Å²) in [5.41, 5.74) is 5.00. The number of hydrogen-bond acceptors (Lipinski definition) is 2. The summed E-state index contributed by atoms with van der Waals surface area (Å²) >= 11 is 5.33.